The van der Waals surface area contributed by atoms with Crippen LogP contribution in [0.5, 0.6) is 0 Å². The van der Waals surface area contributed by atoms with E-state index in [2.05, 4.69) is 4.98 Å². The van der Waals surface area contributed by atoms with Crippen molar-refractivity contribution in [1.29, 1.82) is 0 Å². The number of nitrogens with zero attached hydrogens (tertiary/aromatic N) is 2. The highest BCUT2D eigenvalue weighted by Crippen LogP contribution is 2.75. The molecule has 3 atom stereocenters. The van der Waals surface area contributed by atoms with Gasteiger partial charge in [-0.2, -0.15) is 0 Å². The van der Waals surface area contributed by atoms with Gasteiger partial charge in [-0.15, -0.1) is 0 Å². The molecule has 6 rings (SSSR count). The van der Waals surface area contributed by atoms with E-state index in [1.807, 2.05) is 42.5 Å². The highest BCUT2D eigenvalue weighted by Gasteiger charge is 2.90. The molecule has 2 aliphatic rings. The van der Waals surface area contributed by atoms with E-state index < -0.39 is 34.3 Å². The number of hydrogen-bond donors (Lipinski definition) is 0. The molecule has 1 aromatic heterocycles. The quantitative estimate of drug-likeness (QED) is 0.253. The van der Waals surface area contributed by atoms with E-state index in [9.17, 15) is 18.8 Å². The summed E-state index contributed by atoms with van der Waals surface area (Å²) < 4.78 is 19.7. The van der Waals surface area contributed by atoms with Crippen LogP contribution >= 0.6 is 0 Å². The number of halogens is 1. The minimum Gasteiger partial charge on any atom is -0.465 e. The summed E-state index contributed by atoms with van der Waals surface area (Å²) >= 11 is 0. The fourth-order valence-electron chi connectivity index (χ4n) is 6.34. The topological polar surface area (TPSA) is 76.6 Å². The van der Waals surface area contributed by atoms with Crippen LogP contribution < -0.4 is 4.90 Å². The molecule has 39 heavy (non-hydrogen) atoms. The van der Waals surface area contributed by atoms with Crippen LogP contribution in [0.4, 0.5) is 10.1 Å². The second-order valence-corrected chi connectivity index (χ2v) is 9.75. The molecular formula is C32H25FN2O4. The van der Waals surface area contributed by atoms with Crippen molar-refractivity contribution in [3.05, 3.63) is 131 Å². The van der Waals surface area contributed by atoms with Gasteiger partial charge < -0.3 is 9.64 Å². The third kappa shape index (κ3) is 3.39. The molecule has 1 amide bonds. The lowest BCUT2D eigenvalue weighted by Gasteiger charge is -2.22. The van der Waals surface area contributed by atoms with Crippen molar-refractivity contribution in [3.63, 3.8) is 0 Å². The molecule has 1 unspecified atom stereocenters. The lowest BCUT2D eigenvalue weighted by Crippen LogP contribution is -2.40. The summed E-state index contributed by atoms with van der Waals surface area (Å²) in [4.78, 5) is 48.9. The average molecular weight is 521 g/mol. The van der Waals surface area contributed by atoms with E-state index in [-0.39, 0.29) is 24.8 Å². The highest BCUT2D eigenvalue weighted by atomic mass is 19.1. The number of esters is 1. The van der Waals surface area contributed by atoms with Crippen molar-refractivity contribution in [2.45, 2.75) is 24.3 Å². The van der Waals surface area contributed by atoms with Crippen LogP contribution in [0.25, 0.3) is 0 Å². The van der Waals surface area contributed by atoms with Crippen molar-refractivity contribution < 1.29 is 23.5 Å². The van der Waals surface area contributed by atoms with Gasteiger partial charge in [0.25, 0.3) is 0 Å². The number of Topliss-reactive ketones (excluding diaryl/α,β-unsaturated/α-hetero) is 1. The zero-order valence-corrected chi connectivity index (χ0v) is 21.2. The molecule has 0 bridgehead atoms. The molecule has 0 radical (unpaired) electrons. The Bertz CT molecular complexity index is 1580. The van der Waals surface area contributed by atoms with E-state index in [1.54, 1.807) is 42.2 Å². The summed E-state index contributed by atoms with van der Waals surface area (Å²) in [6.07, 6.45) is 1.50. The zero-order chi connectivity index (χ0) is 27.2. The maximum absolute atomic E-state index is 14.7. The van der Waals surface area contributed by atoms with Crippen LogP contribution in [0.3, 0.4) is 0 Å². The molecule has 3 aromatic carbocycles. The number of carbonyl (C=O) groups excluding carboxylic acids is 3. The second-order valence-electron chi connectivity index (χ2n) is 9.75. The number of pyridine rings is 1. The van der Waals surface area contributed by atoms with Gasteiger partial charge in [0, 0.05) is 11.9 Å². The third-order valence-electron chi connectivity index (χ3n) is 7.87. The van der Waals surface area contributed by atoms with Crippen molar-refractivity contribution >= 4 is 23.3 Å². The zero-order valence-electron chi connectivity index (χ0n) is 21.2. The number of ether oxygens (including phenoxy) is 1. The minimum absolute atomic E-state index is 0.0475. The third-order valence-corrected chi connectivity index (χ3v) is 7.87. The van der Waals surface area contributed by atoms with Gasteiger partial charge in [-0.25, -0.2) is 4.39 Å². The summed E-state index contributed by atoms with van der Waals surface area (Å²) in [6, 6.07) is 27.1. The molecule has 4 aromatic rings. The maximum atomic E-state index is 14.7. The number of para-hydroxylation sites is 1. The monoisotopic (exact) mass is 520 g/mol. The van der Waals surface area contributed by atoms with Gasteiger partial charge >= 0.3 is 5.97 Å². The first-order valence-corrected chi connectivity index (χ1v) is 12.8. The van der Waals surface area contributed by atoms with Crippen LogP contribution in [0.15, 0.2) is 103 Å². The molecule has 2 heterocycles. The molecule has 6 nitrogen and oxygen atoms in total. The van der Waals surface area contributed by atoms with Crippen LogP contribution in [0.2, 0.25) is 0 Å². The van der Waals surface area contributed by atoms with Crippen molar-refractivity contribution in [2.24, 2.45) is 5.92 Å². The standard InChI is InChI=1S/C32H25FN2O4/c1-2-39-30(38)31(22-15-17-23(33)18-16-22)28(27(36)25-13-8-9-19-34-25)32(31)24-12-6-7-14-26(24)35(29(32)37)20-21-10-4-3-5-11-21/h3-19,28H,2,20H2,1H3/t28-,31+,32?/m1/s1. The summed E-state index contributed by atoms with van der Waals surface area (Å²) in [6.45, 7) is 1.98. The normalized spacial score (nSPS) is 23.0. The fraction of sp³-hybridized carbons (Fsp3) is 0.188. The van der Waals surface area contributed by atoms with Crippen molar-refractivity contribution in [3.8, 4) is 0 Å². The van der Waals surface area contributed by atoms with Gasteiger partial charge in [-0.05, 0) is 53.9 Å². The lowest BCUT2D eigenvalue weighted by molar-refractivity contribution is -0.148. The van der Waals surface area contributed by atoms with Gasteiger partial charge in [0.15, 0.2) is 5.78 Å². The Morgan fingerprint density at radius 2 is 1.62 bits per heavy atom. The molecule has 1 saturated carbocycles. The van der Waals surface area contributed by atoms with Gasteiger partial charge in [0.2, 0.25) is 5.91 Å². The molecule has 1 aliphatic heterocycles. The van der Waals surface area contributed by atoms with Gasteiger partial charge in [-0.1, -0.05) is 66.7 Å². The second kappa shape index (κ2) is 9.27. The van der Waals surface area contributed by atoms with Gasteiger partial charge in [-0.3, -0.25) is 19.4 Å². The maximum Gasteiger partial charge on any atom is 0.318 e. The number of carbonyl (C=O) groups is 3. The van der Waals surface area contributed by atoms with Crippen molar-refractivity contribution in [1.82, 2.24) is 4.98 Å². The summed E-state index contributed by atoms with van der Waals surface area (Å²) in [5, 5.41) is 0. The van der Waals surface area contributed by atoms with Gasteiger partial charge in [0.1, 0.15) is 22.3 Å². The molecule has 0 N–H and O–H groups in total. The molecule has 1 spiro atoms. The first kappa shape index (κ1) is 24.7. The van der Waals surface area contributed by atoms with Gasteiger partial charge in [0.05, 0.1) is 19.1 Å². The smallest absolute Gasteiger partial charge is 0.318 e. The number of rotatable bonds is 7. The first-order valence-electron chi connectivity index (χ1n) is 12.8. The predicted molar refractivity (Wildman–Crippen MR) is 143 cm³/mol. The number of ketones is 1. The first-order chi connectivity index (χ1) is 19.0. The Labute approximate surface area is 225 Å². The number of benzene rings is 3. The van der Waals surface area contributed by atoms with Crippen LogP contribution in [0.1, 0.15) is 34.1 Å². The summed E-state index contributed by atoms with van der Waals surface area (Å²) in [5.41, 5.74) is -0.713. The molecule has 7 heteroatoms. The Balaban J connectivity index is 1.62. The Hall–Kier alpha value is -4.65. The molecule has 0 saturated heterocycles. The number of amides is 1. The number of aromatic nitrogens is 1. The lowest BCUT2D eigenvalue weighted by atomic mass is 9.82. The van der Waals surface area contributed by atoms with E-state index in [4.69, 9.17) is 4.74 Å². The Morgan fingerprint density at radius 3 is 2.31 bits per heavy atom. The number of hydrogen-bond acceptors (Lipinski definition) is 5. The molecule has 194 valence electrons. The number of anilines is 1. The highest BCUT2D eigenvalue weighted by molar-refractivity contribution is 6.24. The van der Waals surface area contributed by atoms with E-state index >= 15 is 0 Å². The fourth-order valence-corrected chi connectivity index (χ4v) is 6.34. The molecule has 1 fully saturated rings. The number of fused-ring (bicyclic) bond motifs is 2. The summed E-state index contributed by atoms with van der Waals surface area (Å²) in [7, 11) is 0. The minimum atomic E-state index is -1.70. The Kier molecular flexibility index (Phi) is 5.87. The average Bonchev–Trinajstić information content (AvgIpc) is 3.55. The van der Waals surface area contributed by atoms with Crippen LogP contribution in [-0.4, -0.2) is 29.3 Å². The largest absolute Gasteiger partial charge is 0.465 e. The van der Waals surface area contributed by atoms with Crippen LogP contribution in [-0.2, 0) is 31.7 Å². The Morgan fingerprint density at radius 1 is 0.923 bits per heavy atom. The molecular weight excluding hydrogens is 495 g/mol. The van der Waals surface area contributed by atoms with E-state index in [0.29, 0.717) is 16.8 Å². The van der Waals surface area contributed by atoms with Crippen LogP contribution in [0, 0.1) is 11.7 Å². The summed E-state index contributed by atoms with van der Waals surface area (Å²) in [5.74, 6) is -3.16. The van der Waals surface area contributed by atoms with E-state index in [1.165, 1.54) is 30.5 Å². The van der Waals surface area contributed by atoms with Crippen molar-refractivity contribution in [2.75, 3.05) is 11.5 Å². The predicted octanol–water partition coefficient (Wildman–Crippen LogP) is 5.02. The SMILES string of the molecule is CCOC(=O)[C@]1(c2ccc(F)cc2)[C@@H](C(=O)c2ccccn2)C12C(=O)N(Cc1ccccc1)c1ccccc12. The molecule has 1 aliphatic carbocycles. The van der Waals surface area contributed by atoms with E-state index in [0.717, 1.165) is 5.56 Å².